The van der Waals surface area contributed by atoms with Crippen LogP contribution in [0.15, 0.2) is 36.8 Å². The number of carbonyl (C=O) groups excluding carboxylic acids is 1. The Labute approximate surface area is 171 Å². The van der Waals surface area contributed by atoms with Crippen molar-refractivity contribution in [2.24, 2.45) is 0 Å². The molecule has 0 saturated heterocycles. The van der Waals surface area contributed by atoms with Crippen LogP contribution >= 0.6 is 0 Å². The molecular weight excluding hydrogens is 392 g/mol. The standard InChI is InChI=1S/C20H21F2N7O/c1-12-19(30)26-17-10-24-20(27-18(17)28(12)2)23-8-14-9-25-29(11-14)4-3-13-5-15(21)7-16(22)6-13/h5-7,9-12H,3-4,8H2,1-2H3,(H,26,30)(H,23,24,27)/t12-/m0/s1. The Morgan fingerprint density at radius 1 is 1.17 bits per heavy atom. The molecule has 0 aliphatic carbocycles. The van der Waals surface area contributed by atoms with Gasteiger partial charge in [-0.15, -0.1) is 0 Å². The van der Waals surface area contributed by atoms with Crippen molar-refractivity contribution in [1.29, 1.82) is 0 Å². The second-order valence-electron chi connectivity index (χ2n) is 7.20. The van der Waals surface area contributed by atoms with Crippen molar-refractivity contribution in [2.45, 2.75) is 32.5 Å². The Kier molecular flexibility index (Phi) is 5.30. The van der Waals surface area contributed by atoms with Crippen molar-refractivity contribution >= 4 is 23.4 Å². The van der Waals surface area contributed by atoms with E-state index in [-0.39, 0.29) is 11.9 Å². The van der Waals surface area contributed by atoms with Gasteiger partial charge in [-0.2, -0.15) is 10.1 Å². The van der Waals surface area contributed by atoms with Gasteiger partial charge in [-0.3, -0.25) is 9.48 Å². The number of aryl methyl sites for hydroxylation is 2. The third-order valence-electron chi connectivity index (χ3n) is 5.01. The fourth-order valence-corrected chi connectivity index (χ4v) is 3.21. The maximum absolute atomic E-state index is 13.3. The summed E-state index contributed by atoms with van der Waals surface area (Å²) >= 11 is 0. The molecule has 1 atom stereocenters. The van der Waals surface area contributed by atoms with Gasteiger partial charge in [-0.25, -0.2) is 13.8 Å². The summed E-state index contributed by atoms with van der Waals surface area (Å²) in [4.78, 5) is 22.4. The number of nitrogens with one attached hydrogen (secondary N) is 2. The average molecular weight is 413 g/mol. The van der Waals surface area contributed by atoms with Gasteiger partial charge in [0.1, 0.15) is 23.4 Å². The van der Waals surface area contributed by atoms with Crippen LogP contribution in [0.1, 0.15) is 18.1 Å². The lowest BCUT2D eigenvalue weighted by Gasteiger charge is -2.31. The van der Waals surface area contributed by atoms with Crippen molar-refractivity contribution in [3.63, 3.8) is 0 Å². The molecule has 0 spiro atoms. The fourth-order valence-electron chi connectivity index (χ4n) is 3.21. The van der Waals surface area contributed by atoms with Crippen molar-refractivity contribution in [2.75, 3.05) is 22.6 Å². The number of anilines is 3. The van der Waals surface area contributed by atoms with Gasteiger partial charge in [-0.1, -0.05) is 0 Å². The van der Waals surface area contributed by atoms with Crippen LogP contribution in [0.5, 0.6) is 0 Å². The third-order valence-corrected chi connectivity index (χ3v) is 5.01. The van der Waals surface area contributed by atoms with Crippen LogP contribution in [-0.2, 0) is 24.3 Å². The minimum atomic E-state index is -0.583. The summed E-state index contributed by atoms with van der Waals surface area (Å²) < 4.78 is 28.3. The van der Waals surface area contributed by atoms with Crippen molar-refractivity contribution in [1.82, 2.24) is 19.7 Å². The predicted molar refractivity (Wildman–Crippen MR) is 108 cm³/mol. The summed E-state index contributed by atoms with van der Waals surface area (Å²) in [6.45, 7) is 2.76. The zero-order valence-electron chi connectivity index (χ0n) is 16.6. The Balaban J connectivity index is 1.36. The number of benzene rings is 1. The Hall–Kier alpha value is -3.56. The second kappa shape index (κ2) is 8.05. The highest BCUT2D eigenvalue weighted by atomic mass is 19.1. The molecule has 156 valence electrons. The highest BCUT2D eigenvalue weighted by molar-refractivity contribution is 6.02. The van der Waals surface area contributed by atoms with Gasteiger partial charge in [0.25, 0.3) is 0 Å². The number of amides is 1. The molecule has 0 saturated carbocycles. The first-order valence-electron chi connectivity index (χ1n) is 9.50. The summed E-state index contributed by atoms with van der Waals surface area (Å²) in [5.41, 5.74) is 2.07. The number of aromatic nitrogens is 4. The monoisotopic (exact) mass is 413 g/mol. The fraction of sp³-hybridized carbons (Fsp3) is 0.300. The van der Waals surface area contributed by atoms with Crippen LogP contribution in [0, 0.1) is 11.6 Å². The van der Waals surface area contributed by atoms with Crippen molar-refractivity contribution < 1.29 is 13.6 Å². The van der Waals surface area contributed by atoms with Crippen molar-refractivity contribution in [3.05, 3.63) is 59.6 Å². The minimum Gasteiger partial charge on any atom is -0.350 e. The molecule has 1 amide bonds. The van der Waals surface area contributed by atoms with Crippen LogP contribution in [0.25, 0.3) is 0 Å². The molecule has 2 N–H and O–H groups in total. The molecular formula is C20H21F2N7O. The molecule has 3 heterocycles. The molecule has 0 radical (unpaired) electrons. The maximum atomic E-state index is 13.3. The van der Waals surface area contributed by atoms with E-state index in [1.54, 1.807) is 28.9 Å². The van der Waals surface area contributed by atoms with Gasteiger partial charge in [-0.05, 0) is 31.0 Å². The second-order valence-corrected chi connectivity index (χ2v) is 7.20. The Morgan fingerprint density at radius 3 is 2.70 bits per heavy atom. The SMILES string of the molecule is C[C@H]1C(=O)Nc2cnc(NCc3cnn(CCc4cc(F)cc(F)c4)c3)nc2N1C. The quantitative estimate of drug-likeness (QED) is 0.646. The van der Waals surface area contributed by atoms with E-state index in [0.29, 0.717) is 42.5 Å². The van der Waals surface area contributed by atoms with Crippen LogP contribution in [-0.4, -0.2) is 38.7 Å². The summed E-state index contributed by atoms with van der Waals surface area (Å²) in [5.74, 6) is -0.174. The van der Waals surface area contributed by atoms with E-state index in [0.717, 1.165) is 11.6 Å². The van der Waals surface area contributed by atoms with Gasteiger partial charge >= 0.3 is 0 Å². The molecule has 3 aromatic rings. The number of rotatable bonds is 6. The summed E-state index contributed by atoms with van der Waals surface area (Å²) in [5, 5.41) is 10.2. The van der Waals surface area contributed by atoms with E-state index in [1.165, 1.54) is 12.1 Å². The molecule has 0 fully saturated rings. The molecule has 1 aliphatic heterocycles. The smallest absolute Gasteiger partial charge is 0.246 e. The number of carbonyl (C=O) groups is 1. The summed E-state index contributed by atoms with van der Waals surface area (Å²) in [6, 6.07) is 3.19. The number of hydrogen-bond donors (Lipinski definition) is 2. The molecule has 1 aliphatic rings. The number of nitrogens with zero attached hydrogens (tertiary/aromatic N) is 5. The van der Waals surface area contributed by atoms with E-state index in [2.05, 4.69) is 25.7 Å². The molecule has 2 aromatic heterocycles. The predicted octanol–water partition coefficient (Wildman–Crippen LogP) is 2.58. The molecule has 4 rings (SSSR count). The molecule has 0 unspecified atom stereocenters. The average Bonchev–Trinajstić information content (AvgIpc) is 3.16. The highest BCUT2D eigenvalue weighted by Crippen LogP contribution is 2.28. The lowest BCUT2D eigenvalue weighted by atomic mass is 10.1. The van der Waals surface area contributed by atoms with Gasteiger partial charge in [0, 0.05) is 38.0 Å². The normalized spacial score (nSPS) is 15.7. The number of hydrogen-bond acceptors (Lipinski definition) is 6. The number of fused-ring (bicyclic) bond motifs is 1. The lowest BCUT2D eigenvalue weighted by molar-refractivity contribution is -0.117. The van der Waals surface area contributed by atoms with Gasteiger partial charge < -0.3 is 15.5 Å². The van der Waals surface area contributed by atoms with E-state index < -0.39 is 11.6 Å². The molecule has 8 nitrogen and oxygen atoms in total. The minimum absolute atomic E-state index is 0.0947. The maximum Gasteiger partial charge on any atom is 0.246 e. The topological polar surface area (TPSA) is 88.0 Å². The van der Waals surface area contributed by atoms with Crippen molar-refractivity contribution in [3.8, 4) is 0 Å². The summed E-state index contributed by atoms with van der Waals surface area (Å²) in [7, 11) is 1.81. The van der Waals surface area contributed by atoms with Crippen LogP contribution < -0.4 is 15.5 Å². The first-order chi connectivity index (χ1) is 14.4. The van der Waals surface area contributed by atoms with E-state index in [9.17, 15) is 13.6 Å². The van der Waals surface area contributed by atoms with Crippen LogP contribution in [0.4, 0.5) is 26.2 Å². The summed E-state index contributed by atoms with van der Waals surface area (Å²) in [6.07, 6.45) is 5.61. The zero-order valence-corrected chi connectivity index (χ0v) is 16.6. The zero-order chi connectivity index (χ0) is 21.3. The highest BCUT2D eigenvalue weighted by Gasteiger charge is 2.28. The Bertz CT molecular complexity index is 1060. The first kappa shape index (κ1) is 19.7. The lowest BCUT2D eigenvalue weighted by Crippen LogP contribution is -2.44. The van der Waals surface area contributed by atoms with Gasteiger partial charge in [0.05, 0.1) is 12.4 Å². The largest absolute Gasteiger partial charge is 0.350 e. The van der Waals surface area contributed by atoms with E-state index in [4.69, 9.17) is 0 Å². The molecule has 30 heavy (non-hydrogen) atoms. The van der Waals surface area contributed by atoms with Gasteiger partial charge in [0.2, 0.25) is 11.9 Å². The number of halogens is 2. The van der Waals surface area contributed by atoms with E-state index >= 15 is 0 Å². The van der Waals surface area contributed by atoms with Crippen LogP contribution in [0.2, 0.25) is 0 Å². The van der Waals surface area contributed by atoms with Crippen LogP contribution in [0.3, 0.4) is 0 Å². The number of likely N-dealkylation sites (N-methyl/N-ethyl adjacent to an activating group) is 1. The van der Waals surface area contributed by atoms with Gasteiger partial charge in [0.15, 0.2) is 5.82 Å². The van der Waals surface area contributed by atoms with E-state index in [1.807, 2.05) is 13.2 Å². The molecule has 10 heteroatoms. The first-order valence-corrected chi connectivity index (χ1v) is 9.50. The Morgan fingerprint density at radius 2 is 1.93 bits per heavy atom. The third kappa shape index (κ3) is 4.22. The molecule has 1 aromatic carbocycles. The molecule has 0 bridgehead atoms.